The van der Waals surface area contributed by atoms with Gasteiger partial charge in [-0.25, -0.2) is 9.59 Å². The lowest BCUT2D eigenvalue weighted by Crippen LogP contribution is -2.15. The molecule has 0 bridgehead atoms. The van der Waals surface area contributed by atoms with Gasteiger partial charge in [0.2, 0.25) is 0 Å². The summed E-state index contributed by atoms with van der Waals surface area (Å²) < 4.78 is 15.0. The topological polar surface area (TPSA) is 99.1 Å². The molecular weight excluding hydrogens is 364 g/mol. The van der Waals surface area contributed by atoms with E-state index >= 15 is 0 Å². The molecule has 0 saturated carbocycles. The summed E-state index contributed by atoms with van der Waals surface area (Å²) in [4.78, 5) is 34.6. The Morgan fingerprint density at radius 1 is 1.00 bits per heavy atom. The number of carbonyl (C=O) groups is 3. The number of rotatable bonds is 12. The first-order valence-electron chi connectivity index (χ1n) is 9.30. The fourth-order valence-electron chi connectivity index (χ4n) is 2.19. The van der Waals surface area contributed by atoms with E-state index in [-0.39, 0.29) is 25.3 Å². The molecule has 0 aliphatic carbocycles. The van der Waals surface area contributed by atoms with Crippen LogP contribution in [0.4, 0.5) is 0 Å². The summed E-state index contributed by atoms with van der Waals surface area (Å²) in [5.74, 6) is -1.63. The average molecular weight is 392 g/mol. The van der Waals surface area contributed by atoms with Gasteiger partial charge in [-0.1, -0.05) is 30.3 Å². The van der Waals surface area contributed by atoms with Crippen LogP contribution in [0.25, 0.3) is 0 Å². The fraction of sp³-hybridized carbons (Fsp3) is 0.476. The quantitative estimate of drug-likeness (QED) is 0.253. The highest BCUT2D eigenvalue weighted by molar-refractivity contribution is 5.91. The van der Waals surface area contributed by atoms with E-state index in [4.69, 9.17) is 14.6 Å². The molecule has 0 amide bonds. The molecular formula is C21H28O7. The molecule has 7 nitrogen and oxygen atoms in total. The summed E-state index contributed by atoms with van der Waals surface area (Å²) in [6.07, 6.45) is 3.08. The predicted molar refractivity (Wildman–Crippen MR) is 102 cm³/mol. The van der Waals surface area contributed by atoms with Crippen LogP contribution in [0.3, 0.4) is 0 Å². The molecule has 0 heterocycles. The Labute approximate surface area is 165 Å². The number of aliphatic hydroxyl groups excluding tert-OH is 1. The first-order valence-corrected chi connectivity index (χ1v) is 9.30. The summed E-state index contributed by atoms with van der Waals surface area (Å²) in [5.41, 5.74) is 0.944. The minimum absolute atomic E-state index is 0.137. The molecule has 28 heavy (non-hydrogen) atoms. The van der Waals surface area contributed by atoms with Crippen molar-refractivity contribution >= 4 is 17.9 Å². The largest absolute Gasteiger partial charge is 0.461 e. The Morgan fingerprint density at radius 3 is 2.36 bits per heavy atom. The van der Waals surface area contributed by atoms with Gasteiger partial charge in [0.05, 0.1) is 12.2 Å². The van der Waals surface area contributed by atoms with Crippen LogP contribution < -0.4 is 0 Å². The van der Waals surface area contributed by atoms with E-state index in [9.17, 15) is 14.4 Å². The molecule has 0 fully saturated rings. The lowest BCUT2D eigenvalue weighted by Gasteiger charge is -2.11. The van der Waals surface area contributed by atoms with Crippen molar-refractivity contribution in [1.82, 2.24) is 0 Å². The molecule has 2 atom stereocenters. The second kappa shape index (κ2) is 13.5. The molecule has 0 aromatic heterocycles. The number of hydrogen-bond donors (Lipinski definition) is 1. The van der Waals surface area contributed by atoms with Gasteiger partial charge in [-0.05, 0) is 38.7 Å². The van der Waals surface area contributed by atoms with Crippen LogP contribution >= 0.6 is 0 Å². The summed E-state index contributed by atoms with van der Waals surface area (Å²) >= 11 is 0. The van der Waals surface area contributed by atoms with Crippen molar-refractivity contribution in [2.45, 2.75) is 58.3 Å². The normalized spacial score (nSPS) is 13.0. The molecule has 1 rings (SSSR count). The number of aliphatic hydroxyl groups is 1. The standard InChI is InChI=1S/C21H28O7/c1-16(22)14-26-20(24)12-13-21(25)28-17(2)8-6-7-11-19(23)27-15-18-9-4-3-5-10-18/h3-5,9-10,12-13,16-17,22H,6-8,11,14-15H2,1-2H3/b13-12-. The van der Waals surface area contributed by atoms with E-state index in [0.29, 0.717) is 25.7 Å². The van der Waals surface area contributed by atoms with Crippen molar-refractivity contribution in [2.24, 2.45) is 0 Å². The van der Waals surface area contributed by atoms with Crippen molar-refractivity contribution in [3.63, 3.8) is 0 Å². The van der Waals surface area contributed by atoms with E-state index < -0.39 is 18.0 Å². The van der Waals surface area contributed by atoms with Gasteiger partial charge in [0.1, 0.15) is 13.2 Å². The van der Waals surface area contributed by atoms with E-state index in [2.05, 4.69) is 4.74 Å². The first kappa shape index (κ1) is 23.4. The molecule has 7 heteroatoms. The Kier molecular flexibility index (Phi) is 11.3. The van der Waals surface area contributed by atoms with E-state index in [1.807, 2.05) is 30.3 Å². The van der Waals surface area contributed by atoms with Crippen LogP contribution in [0.2, 0.25) is 0 Å². The molecule has 0 aliphatic rings. The lowest BCUT2D eigenvalue weighted by molar-refractivity contribution is -0.146. The number of hydrogen-bond acceptors (Lipinski definition) is 7. The molecule has 0 aliphatic heterocycles. The number of unbranched alkanes of at least 4 members (excludes halogenated alkanes) is 1. The number of benzene rings is 1. The van der Waals surface area contributed by atoms with Gasteiger partial charge >= 0.3 is 17.9 Å². The number of esters is 3. The summed E-state index contributed by atoms with van der Waals surface area (Å²) in [6, 6.07) is 9.47. The summed E-state index contributed by atoms with van der Waals surface area (Å²) in [7, 11) is 0. The van der Waals surface area contributed by atoms with Crippen molar-refractivity contribution in [3.05, 3.63) is 48.0 Å². The molecule has 0 saturated heterocycles. The van der Waals surface area contributed by atoms with Gasteiger partial charge < -0.3 is 19.3 Å². The van der Waals surface area contributed by atoms with Crippen LogP contribution in [0.1, 0.15) is 45.1 Å². The second-order valence-corrected chi connectivity index (χ2v) is 6.45. The third-order valence-electron chi connectivity index (χ3n) is 3.62. The highest BCUT2D eigenvalue weighted by Crippen LogP contribution is 2.09. The molecule has 0 radical (unpaired) electrons. The van der Waals surface area contributed by atoms with Crippen LogP contribution in [-0.2, 0) is 35.2 Å². The van der Waals surface area contributed by atoms with Crippen molar-refractivity contribution in [1.29, 1.82) is 0 Å². The second-order valence-electron chi connectivity index (χ2n) is 6.45. The van der Waals surface area contributed by atoms with Crippen molar-refractivity contribution < 1.29 is 33.7 Å². The van der Waals surface area contributed by atoms with Gasteiger partial charge in [0.15, 0.2) is 0 Å². The highest BCUT2D eigenvalue weighted by atomic mass is 16.5. The van der Waals surface area contributed by atoms with Crippen LogP contribution in [0.5, 0.6) is 0 Å². The lowest BCUT2D eigenvalue weighted by atomic mass is 10.1. The fourth-order valence-corrected chi connectivity index (χ4v) is 2.19. The first-order chi connectivity index (χ1) is 13.4. The molecule has 1 aromatic carbocycles. The van der Waals surface area contributed by atoms with Gasteiger partial charge in [-0.2, -0.15) is 0 Å². The Bertz CT molecular complexity index is 637. The third kappa shape index (κ3) is 11.9. The average Bonchev–Trinajstić information content (AvgIpc) is 2.67. The summed E-state index contributed by atoms with van der Waals surface area (Å²) in [5, 5.41) is 8.99. The third-order valence-corrected chi connectivity index (χ3v) is 3.62. The maximum atomic E-state index is 11.7. The Morgan fingerprint density at radius 2 is 1.68 bits per heavy atom. The Balaban J connectivity index is 2.12. The van der Waals surface area contributed by atoms with Crippen molar-refractivity contribution in [3.8, 4) is 0 Å². The molecule has 1 N–H and O–H groups in total. The maximum absolute atomic E-state index is 11.7. The smallest absolute Gasteiger partial charge is 0.331 e. The van der Waals surface area contributed by atoms with Gasteiger partial charge in [-0.3, -0.25) is 4.79 Å². The van der Waals surface area contributed by atoms with Gasteiger partial charge in [0, 0.05) is 18.6 Å². The number of carbonyl (C=O) groups excluding carboxylic acids is 3. The van der Waals surface area contributed by atoms with Crippen LogP contribution in [-0.4, -0.2) is 41.8 Å². The van der Waals surface area contributed by atoms with Crippen LogP contribution in [0, 0.1) is 0 Å². The number of ether oxygens (including phenoxy) is 3. The van der Waals surface area contributed by atoms with E-state index in [0.717, 1.165) is 17.7 Å². The van der Waals surface area contributed by atoms with E-state index in [1.54, 1.807) is 6.92 Å². The monoisotopic (exact) mass is 392 g/mol. The van der Waals surface area contributed by atoms with E-state index in [1.165, 1.54) is 6.92 Å². The zero-order valence-electron chi connectivity index (χ0n) is 16.3. The molecule has 154 valence electrons. The maximum Gasteiger partial charge on any atom is 0.331 e. The zero-order chi connectivity index (χ0) is 20.8. The molecule has 0 spiro atoms. The Hall–Kier alpha value is -2.67. The van der Waals surface area contributed by atoms with Crippen molar-refractivity contribution in [2.75, 3.05) is 6.61 Å². The molecule has 1 aromatic rings. The molecule has 2 unspecified atom stereocenters. The van der Waals surface area contributed by atoms with Gasteiger partial charge in [-0.15, -0.1) is 0 Å². The summed E-state index contributed by atoms with van der Waals surface area (Å²) in [6.45, 7) is 3.35. The minimum Gasteiger partial charge on any atom is -0.461 e. The van der Waals surface area contributed by atoms with Gasteiger partial charge in [0.25, 0.3) is 0 Å². The van der Waals surface area contributed by atoms with Crippen LogP contribution in [0.15, 0.2) is 42.5 Å². The predicted octanol–water partition coefficient (Wildman–Crippen LogP) is 2.70. The zero-order valence-corrected chi connectivity index (χ0v) is 16.3. The highest BCUT2D eigenvalue weighted by Gasteiger charge is 2.09. The minimum atomic E-state index is -0.764. The SMILES string of the molecule is CC(O)COC(=O)/C=C\C(=O)OC(C)CCCCC(=O)OCc1ccccc1.